The van der Waals surface area contributed by atoms with Gasteiger partial charge in [0, 0.05) is 6.20 Å². The third-order valence-corrected chi connectivity index (χ3v) is 1.49. The second-order valence-corrected chi connectivity index (χ2v) is 2.93. The van der Waals surface area contributed by atoms with E-state index in [0.29, 0.717) is 18.1 Å². The van der Waals surface area contributed by atoms with Gasteiger partial charge < -0.3 is 5.32 Å². The van der Waals surface area contributed by atoms with E-state index in [1.807, 2.05) is 19.0 Å². The molecule has 0 unspecified atom stereocenters. The lowest BCUT2D eigenvalue weighted by Crippen LogP contribution is -2.21. The van der Waals surface area contributed by atoms with Crippen LogP contribution in [0.3, 0.4) is 0 Å². The Kier molecular flexibility index (Phi) is 3.23. The Morgan fingerprint density at radius 3 is 3.00 bits per heavy atom. The summed E-state index contributed by atoms with van der Waals surface area (Å²) in [6.07, 6.45) is 1.67. The Labute approximate surface area is 77.8 Å². The van der Waals surface area contributed by atoms with Crippen molar-refractivity contribution in [3.05, 3.63) is 23.9 Å². The average Bonchev–Trinajstić information content (AvgIpc) is 2.15. The van der Waals surface area contributed by atoms with Gasteiger partial charge in [-0.25, -0.2) is 4.98 Å². The third kappa shape index (κ3) is 2.73. The summed E-state index contributed by atoms with van der Waals surface area (Å²) in [6, 6.07) is 5.57. The van der Waals surface area contributed by atoms with Crippen LogP contribution in [0.15, 0.2) is 18.3 Å². The molecule has 0 amide bonds. The first-order chi connectivity index (χ1) is 6.24. The fourth-order valence-electron chi connectivity index (χ4n) is 0.869. The normalized spacial score (nSPS) is 9.69. The lowest BCUT2D eigenvalue weighted by atomic mass is 10.3. The summed E-state index contributed by atoms with van der Waals surface area (Å²) < 4.78 is 0. The molecule has 0 atom stereocenters. The molecule has 0 radical (unpaired) electrons. The van der Waals surface area contributed by atoms with E-state index < -0.39 is 0 Å². The van der Waals surface area contributed by atoms with E-state index in [9.17, 15) is 0 Å². The maximum absolute atomic E-state index is 8.74. The van der Waals surface area contributed by atoms with E-state index in [-0.39, 0.29) is 0 Å². The number of nitrogens with one attached hydrogen (secondary N) is 1. The Balaban J connectivity index is 2.71. The SMILES string of the molecule is CN(C)CNc1ncccc1C#N. The minimum Gasteiger partial charge on any atom is -0.356 e. The van der Waals surface area contributed by atoms with Crippen molar-refractivity contribution in [1.29, 1.82) is 5.26 Å². The quantitative estimate of drug-likeness (QED) is 0.695. The summed E-state index contributed by atoms with van der Waals surface area (Å²) in [6.45, 7) is 0.672. The van der Waals surface area contributed by atoms with Gasteiger partial charge in [-0.05, 0) is 26.2 Å². The highest BCUT2D eigenvalue weighted by molar-refractivity contribution is 5.50. The van der Waals surface area contributed by atoms with Crippen LogP contribution in [0.5, 0.6) is 0 Å². The maximum Gasteiger partial charge on any atom is 0.144 e. The van der Waals surface area contributed by atoms with Crippen LogP contribution in [-0.2, 0) is 0 Å². The number of nitriles is 1. The molecule has 68 valence electrons. The predicted molar refractivity (Wildman–Crippen MR) is 51.1 cm³/mol. The molecule has 0 aliphatic carbocycles. The molecule has 4 heteroatoms. The number of hydrogen-bond acceptors (Lipinski definition) is 4. The molecule has 1 aromatic rings. The topological polar surface area (TPSA) is 52.0 Å². The second-order valence-electron chi connectivity index (χ2n) is 2.93. The minimum atomic E-state index is 0.573. The van der Waals surface area contributed by atoms with Gasteiger partial charge >= 0.3 is 0 Å². The third-order valence-electron chi connectivity index (χ3n) is 1.49. The second kappa shape index (κ2) is 4.43. The predicted octanol–water partition coefficient (Wildman–Crippen LogP) is 0.884. The Morgan fingerprint density at radius 2 is 2.38 bits per heavy atom. The van der Waals surface area contributed by atoms with Crippen LogP contribution >= 0.6 is 0 Å². The van der Waals surface area contributed by atoms with Gasteiger partial charge in [-0.15, -0.1) is 0 Å². The molecule has 1 N–H and O–H groups in total. The highest BCUT2D eigenvalue weighted by Gasteiger charge is 2.00. The van der Waals surface area contributed by atoms with Crippen molar-refractivity contribution in [1.82, 2.24) is 9.88 Å². The number of pyridine rings is 1. The van der Waals surface area contributed by atoms with E-state index in [0.717, 1.165) is 0 Å². The Hall–Kier alpha value is -1.60. The van der Waals surface area contributed by atoms with Gasteiger partial charge in [0.25, 0.3) is 0 Å². The molecule has 13 heavy (non-hydrogen) atoms. The fraction of sp³-hybridized carbons (Fsp3) is 0.333. The molecule has 0 fully saturated rings. The standard InChI is InChI=1S/C9H12N4/c1-13(2)7-12-9-8(6-10)4-3-5-11-9/h3-5H,7H2,1-2H3,(H,11,12). The van der Waals surface area contributed by atoms with Gasteiger partial charge in [0.05, 0.1) is 12.2 Å². The zero-order valence-electron chi connectivity index (χ0n) is 7.78. The Bertz CT molecular complexity index is 314. The molecule has 0 saturated heterocycles. The summed E-state index contributed by atoms with van der Waals surface area (Å²) in [5, 5.41) is 11.8. The molecule has 0 aliphatic rings. The molecule has 1 rings (SSSR count). The molecule has 1 heterocycles. The molecular weight excluding hydrogens is 164 g/mol. The van der Waals surface area contributed by atoms with Crippen molar-refractivity contribution in [2.24, 2.45) is 0 Å². The zero-order valence-corrected chi connectivity index (χ0v) is 7.78. The van der Waals surface area contributed by atoms with Crippen LogP contribution in [0.1, 0.15) is 5.56 Å². The van der Waals surface area contributed by atoms with Crippen molar-refractivity contribution < 1.29 is 0 Å². The van der Waals surface area contributed by atoms with Crippen LogP contribution in [0.2, 0.25) is 0 Å². The Morgan fingerprint density at radius 1 is 1.62 bits per heavy atom. The lowest BCUT2D eigenvalue weighted by Gasteiger charge is -2.11. The van der Waals surface area contributed by atoms with Crippen molar-refractivity contribution in [3.8, 4) is 6.07 Å². The van der Waals surface area contributed by atoms with E-state index in [1.165, 1.54) is 0 Å². The van der Waals surface area contributed by atoms with Gasteiger partial charge in [0.15, 0.2) is 0 Å². The lowest BCUT2D eigenvalue weighted by molar-refractivity contribution is 0.439. The van der Waals surface area contributed by atoms with Gasteiger partial charge in [0.1, 0.15) is 11.9 Å². The summed E-state index contributed by atoms with van der Waals surface area (Å²) in [4.78, 5) is 6.03. The van der Waals surface area contributed by atoms with E-state index in [1.54, 1.807) is 18.3 Å². The van der Waals surface area contributed by atoms with Gasteiger partial charge in [-0.2, -0.15) is 5.26 Å². The number of hydrogen-bond donors (Lipinski definition) is 1. The maximum atomic E-state index is 8.74. The number of nitrogens with zero attached hydrogens (tertiary/aromatic N) is 3. The minimum absolute atomic E-state index is 0.573. The first kappa shape index (κ1) is 9.49. The van der Waals surface area contributed by atoms with Gasteiger partial charge in [-0.3, -0.25) is 4.90 Å². The summed E-state index contributed by atoms with van der Waals surface area (Å²) in [5.41, 5.74) is 0.573. The highest BCUT2D eigenvalue weighted by Crippen LogP contribution is 2.08. The molecular formula is C9H12N4. The number of anilines is 1. The molecule has 0 aliphatic heterocycles. The molecule has 0 aromatic carbocycles. The molecule has 0 spiro atoms. The molecule has 0 bridgehead atoms. The fourth-order valence-corrected chi connectivity index (χ4v) is 0.869. The van der Waals surface area contributed by atoms with Crippen LogP contribution in [0, 0.1) is 11.3 Å². The first-order valence-electron chi connectivity index (χ1n) is 3.97. The van der Waals surface area contributed by atoms with Gasteiger partial charge in [-0.1, -0.05) is 0 Å². The van der Waals surface area contributed by atoms with Crippen molar-refractivity contribution >= 4 is 5.82 Å². The van der Waals surface area contributed by atoms with E-state index in [4.69, 9.17) is 5.26 Å². The van der Waals surface area contributed by atoms with Crippen LogP contribution in [0.25, 0.3) is 0 Å². The van der Waals surface area contributed by atoms with Crippen LogP contribution in [-0.4, -0.2) is 30.6 Å². The average molecular weight is 176 g/mol. The largest absolute Gasteiger partial charge is 0.356 e. The van der Waals surface area contributed by atoms with Crippen LogP contribution < -0.4 is 5.32 Å². The number of rotatable bonds is 3. The van der Waals surface area contributed by atoms with E-state index >= 15 is 0 Å². The van der Waals surface area contributed by atoms with E-state index in [2.05, 4.69) is 16.4 Å². The van der Waals surface area contributed by atoms with Crippen molar-refractivity contribution in [2.75, 3.05) is 26.1 Å². The molecule has 1 aromatic heterocycles. The highest BCUT2D eigenvalue weighted by atomic mass is 15.2. The monoisotopic (exact) mass is 176 g/mol. The van der Waals surface area contributed by atoms with Crippen LogP contribution in [0.4, 0.5) is 5.82 Å². The van der Waals surface area contributed by atoms with Crippen molar-refractivity contribution in [3.63, 3.8) is 0 Å². The summed E-state index contributed by atoms with van der Waals surface area (Å²) in [5.74, 6) is 0.638. The smallest absolute Gasteiger partial charge is 0.144 e. The zero-order chi connectivity index (χ0) is 9.68. The summed E-state index contributed by atoms with van der Waals surface area (Å²) in [7, 11) is 3.89. The summed E-state index contributed by atoms with van der Waals surface area (Å²) >= 11 is 0. The van der Waals surface area contributed by atoms with Crippen molar-refractivity contribution in [2.45, 2.75) is 0 Å². The molecule has 0 saturated carbocycles. The van der Waals surface area contributed by atoms with Gasteiger partial charge in [0.2, 0.25) is 0 Å². The molecule has 4 nitrogen and oxygen atoms in total. The first-order valence-corrected chi connectivity index (χ1v) is 3.97. The number of aromatic nitrogens is 1.